The Morgan fingerprint density at radius 2 is 2.05 bits per heavy atom. The van der Waals surface area contributed by atoms with Crippen molar-refractivity contribution in [1.82, 2.24) is 9.38 Å². The highest BCUT2D eigenvalue weighted by Crippen LogP contribution is 2.29. The van der Waals surface area contributed by atoms with E-state index in [9.17, 15) is 8.42 Å². The minimum atomic E-state index is -3.20. The third-order valence-electron chi connectivity index (χ3n) is 2.92. The number of sulfone groups is 1. The molecule has 2 aromatic heterocycles. The van der Waals surface area contributed by atoms with Crippen molar-refractivity contribution in [3.05, 3.63) is 41.5 Å². The maximum absolute atomic E-state index is 11.4. The number of aromatic nitrogens is 2. The number of halogens is 1. The number of alkyl halides is 1. The van der Waals surface area contributed by atoms with Crippen molar-refractivity contribution in [2.75, 3.05) is 6.26 Å². The lowest BCUT2D eigenvalue weighted by Crippen LogP contribution is -1.96. The van der Waals surface area contributed by atoms with Gasteiger partial charge in [-0.25, -0.2) is 8.42 Å². The molecule has 3 rings (SSSR count). The van der Waals surface area contributed by atoms with Gasteiger partial charge in [-0.1, -0.05) is 15.9 Å². The SMILES string of the molecule is CS(=O)(=O)c1ccc(Oc2nc3sccn3c2CBr)cc1. The number of rotatable bonds is 4. The van der Waals surface area contributed by atoms with Crippen LogP contribution in [0.25, 0.3) is 4.96 Å². The van der Waals surface area contributed by atoms with Crippen LogP contribution in [0, 0.1) is 0 Å². The Labute approximate surface area is 134 Å². The van der Waals surface area contributed by atoms with Gasteiger partial charge in [0.15, 0.2) is 14.8 Å². The predicted molar refractivity (Wildman–Crippen MR) is 85.3 cm³/mol. The number of ether oxygens (including phenoxy) is 1. The summed E-state index contributed by atoms with van der Waals surface area (Å²) in [6, 6.07) is 6.30. The number of hydrogen-bond acceptors (Lipinski definition) is 5. The van der Waals surface area contributed by atoms with Gasteiger partial charge < -0.3 is 4.74 Å². The minimum Gasteiger partial charge on any atom is -0.437 e. The Kier molecular flexibility index (Phi) is 3.76. The fourth-order valence-electron chi connectivity index (χ4n) is 1.88. The van der Waals surface area contributed by atoms with Gasteiger partial charge in [0, 0.05) is 23.2 Å². The van der Waals surface area contributed by atoms with Crippen LogP contribution in [0.2, 0.25) is 0 Å². The number of thiazole rings is 1. The zero-order chi connectivity index (χ0) is 15.0. The molecule has 2 heterocycles. The standard InChI is InChI=1S/C13H11BrN2O3S2/c1-21(17,18)10-4-2-9(3-5-10)19-12-11(8-14)16-6-7-20-13(16)15-12/h2-7H,8H2,1H3. The third-order valence-corrected chi connectivity index (χ3v) is 5.33. The lowest BCUT2D eigenvalue weighted by molar-refractivity contribution is 0.461. The van der Waals surface area contributed by atoms with Crippen LogP contribution in [0.15, 0.2) is 40.7 Å². The molecule has 0 aliphatic carbocycles. The van der Waals surface area contributed by atoms with Crippen LogP contribution in [-0.2, 0) is 15.2 Å². The van der Waals surface area contributed by atoms with Crippen molar-refractivity contribution in [3.63, 3.8) is 0 Å². The highest BCUT2D eigenvalue weighted by Gasteiger charge is 2.14. The first-order chi connectivity index (χ1) is 9.99. The van der Waals surface area contributed by atoms with Crippen LogP contribution in [0.3, 0.4) is 0 Å². The van der Waals surface area contributed by atoms with Gasteiger partial charge in [-0.2, -0.15) is 4.98 Å². The van der Waals surface area contributed by atoms with E-state index in [-0.39, 0.29) is 4.90 Å². The summed E-state index contributed by atoms with van der Waals surface area (Å²) in [5.74, 6) is 1.07. The van der Waals surface area contributed by atoms with Gasteiger partial charge in [-0.3, -0.25) is 4.40 Å². The molecule has 5 nitrogen and oxygen atoms in total. The van der Waals surface area contributed by atoms with Crippen molar-refractivity contribution in [2.24, 2.45) is 0 Å². The number of benzene rings is 1. The molecule has 0 fully saturated rings. The molecule has 110 valence electrons. The summed E-state index contributed by atoms with van der Waals surface area (Å²) < 4.78 is 30.6. The summed E-state index contributed by atoms with van der Waals surface area (Å²) in [6.45, 7) is 0. The number of fused-ring (bicyclic) bond motifs is 1. The largest absolute Gasteiger partial charge is 0.437 e. The van der Waals surface area contributed by atoms with Crippen LogP contribution in [-0.4, -0.2) is 24.1 Å². The number of nitrogens with zero attached hydrogens (tertiary/aromatic N) is 2. The first-order valence-corrected chi connectivity index (χ1v) is 9.86. The van der Waals surface area contributed by atoms with Gasteiger partial charge in [-0.05, 0) is 24.3 Å². The Morgan fingerprint density at radius 1 is 1.33 bits per heavy atom. The maximum Gasteiger partial charge on any atom is 0.243 e. The molecule has 1 aromatic carbocycles. The van der Waals surface area contributed by atoms with Crippen molar-refractivity contribution in [3.8, 4) is 11.6 Å². The van der Waals surface area contributed by atoms with Crippen LogP contribution >= 0.6 is 27.3 Å². The molecule has 21 heavy (non-hydrogen) atoms. The molecule has 0 spiro atoms. The smallest absolute Gasteiger partial charge is 0.243 e. The van der Waals surface area contributed by atoms with Gasteiger partial charge in [0.2, 0.25) is 5.88 Å². The Balaban J connectivity index is 1.93. The molecule has 0 atom stereocenters. The normalized spacial score (nSPS) is 11.9. The lowest BCUT2D eigenvalue weighted by Gasteiger charge is -2.05. The van der Waals surface area contributed by atoms with Gasteiger partial charge in [0.25, 0.3) is 0 Å². The number of imidazole rings is 1. The summed E-state index contributed by atoms with van der Waals surface area (Å²) in [5.41, 5.74) is 0.915. The van der Waals surface area contributed by atoms with E-state index in [1.807, 2.05) is 16.0 Å². The van der Waals surface area contributed by atoms with Crippen LogP contribution in [0.4, 0.5) is 0 Å². The molecule has 0 radical (unpaired) electrons. The highest BCUT2D eigenvalue weighted by molar-refractivity contribution is 9.08. The Hall–Kier alpha value is -1.38. The van der Waals surface area contributed by atoms with E-state index >= 15 is 0 Å². The Bertz CT molecular complexity index is 882. The molecule has 0 amide bonds. The third kappa shape index (κ3) is 2.83. The summed E-state index contributed by atoms with van der Waals surface area (Å²) in [5, 5.41) is 2.57. The first kappa shape index (κ1) is 14.6. The molecule has 0 aliphatic rings. The van der Waals surface area contributed by atoms with E-state index in [2.05, 4.69) is 20.9 Å². The topological polar surface area (TPSA) is 60.7 Å². The molecule has 8 heteroatoms. The summed E-state index contributed by atoms with van der Waals surface area (Å²) in [6.07, 6.45) is 3.11. The average Bonchev–Trinajstić information content (AvgIpc) is 2.98. The second kappa shape index (κ2) is 5.43. The fourth-order valence-corrected chi connectivity index (χ4v) is 3.75. The van der Waals surface area contributed by atoms with E-state index in [0.29, 0.717) is 17.0 Å². The quantitative estimate of drug-likeness (QED) is 0.643. The molecule has 0 unspecified atom stereocenters. The van der Waals surface area contributed by atoms with Crippen LogP contribution < -0.4 is 4.74 Å². The second-order valence-electron chi connectivity index (χ2n) is 4.40. The first-order valence-electron chi connectivity index (χ1n) is 5.97. The van der Waals surface area contributed by atoms with E-state index in [1.54, 1.807) is 12.1 Å². The molecule has 0 N–H and O–H groups in total. The molecule has 0 aliphatic heterocycles. The zero-order valence-corrected chi connectivity index (χ0v) is 14.2. The molecule has 0 saturated carbocycles. The second-order valence-corrected chi connectivity index (χ2v) is 7.85. The minimum absolute atomic E-state index is 0.265. The van der Waals surface area contributed by atoms with E-state index in [4.69, 9.17) is 4.74 Å². The lowest BCUT2D eigenvalue weighted by atomic mass is 10.3. The Morgan fingerprint density at radius 3 is 2.67 bits per heavy atom. The predicted octanol–water partition coefficient (Wildman–Crippen LogP) is 3.49. The van der Waals surface area contributed by atoms with Crippen molar-refractivity contribution < 1.29 is 13.2 Å². The van der Waals surface area contributed by atoms with Gasteiger partial charge in [-0.15, -0.1) is 11.3 Å². The van der Waals surface area contributed by atoms with Crippen LogP contribution in [0.5, 0.6) is 11.6 Å². The zero-order valence-electron chi connectivity index (χ0n) is 11.0. The van der Waals surface area contributed by atoms with E-state index in [1.165, 1.54) is 29.7 Å². The van der Waals surface area contributed by atoms with E-state index < -0.39 is 9.84 Å². The van der Waals surface area contributed by atoms with Crippen molar-refractivity contribution in [2.45, 2.75) is 10.2 Å². The summed E-state index contributed by atoms with van der Waals surface area (Å²) in [4.78, 5) is 5.54. The number of hydrogen-bond donors (Lipinski definition) is 0. The maximum atomic E-state index is 11.4. The van der Waals surface area contributed by atoms with E-state index in [0.717, 1.165) is 10.7 Å². The van der Waals surface area contributed by atoms with Gasteiger partial charge >= 0.3 is 0 Å². The molecular formula is C13H11BrN2O3S2. The molecule has 3 aromatic rings. The fraction of sp³-hybridized carbons (Fsp3) is 0.154. The van der Waals surface area contributed by atoms with Gasteiger partial charge in [0.1, 0.15) is 5.75 Å². The van der Waals surface area contributed by atoms with Crippen molar-refractivity contribution >= 4 is 42.1 Å². The summed E-state index contributed by atoms with van der Waals surface area (Å²) in [7, 11) is -3.20. The molecule has 0 bridgehead atoms. The summed E-state index contributed by atoms with van der Waals surface area (Å²) >= 11 is 4.95. The highest BCUT2D eigenvalue weighted by atomic mass is 79.9. The van der Waals surface area contributed by atoms with Crippen LogP contribution in [0.1, 0.15) is 5.69 Å². The van der Waals surface area contributed by atoms with Gasteiger partial charge in [0.05, 0.1) is 10.6 Å². The molecule has 0 saturated heterocycles. The average molecular weight is 387 g/mol. The monoisotopic (exact) mass is 386 g/mol. The van der Waals surface area contributed by atoms with Crippen molar-refractivity contribution in [1.29, 1.82) is 0 Å². The molecular weight excluding hydrogens is 376 g/mol.